The first-order valence-electron chi connectivity index (χ1n) is 5.11. The number of aromatic nitrogens is 2. The minimum Gasteiger partial charge on any atom is -0.329 e. The van der Waals surface area contributed by atoms with E-state index in [1.807, 2.05) is 18.2 Å². The summed E-state index contributed by atoms with van der Waals surface area (Å²) in [5.41, 5.74) is 7.18. The Morgan fingerprint density at radius 2 is 2.00 bits per heavy atom. The Labute approximate surface area is 97.6 Å². The molecular formula is C11H15N3OS. The third-order valence-corrected chi connectivity index (χ3v) is 3.58. The number of hydrogen-bond donors (Lipinski definition) is 3. The summed E-state index contributed by atoms with van der Waals surface area (Å²) >= 11 is 1.71. The molecule has 4 nitrogen and oxygen atoms in total. The summed E-state index contributed by atoms with van der Waals surface area (Å²) in [5.74, 6) is 0. The molecule has 0 spiro atoms. The molecule has 0 bridgehead atoms. The zero-order valence-electron chi connectivity index (χ0n) is 9.33. The predicted molar refractivity (Wildman–Crippen MR) is 67.9 cm³/mol. The Balaban J connectivity index is 2.36. The van der Waals surface area contributed by atoms with Crippen LogP contribution in [0.3, 0.4) is 0 Å². The van der Waals surface area contributed by atoms with E-state index in [2.05, 4.69) is 23.8 Å². The van der Waals surface area contributed by atoms with E-state index in [1.54, 1.807) is 11.8 Å². The Hall–Kier alpha value is -1.20. The lowest BCUT2D eigenvalue weighted by Gasteiger charge is -2.21. The molecule has 0 aliphatic heterocycles. The summed E-state index contributed by atoms with van der Waals surface area (Å²) < 4.78 is 0.00424. The standard InChI is InChI=1S/C11H15N3OS/c1-11(2,6-12)16-7-3-4-8-9(5-7)14-10(15)13-8/h3-5H,6,12H2,1-2H3,(H2,13,14,15). The third kappa shape index (κ3) is 2.31. The molecule has 0 amide bonds. The molecule has 2 aromatic rings. The number of thioether (sulfide) groups is 1. The molecule has 1 aromatic heterocycles. The van der Waals surface area contributed by atoms with Crippen LogP contribution in [0.1, 0.15) is 13.8 Å². The minimum absolute atomic E-state index is 0.00424. The summed E-state index contributed by atoms with van der Waals surface area (Å²) in [6.45, 7) is 4.81. The van der Waals surface area contributed by atoms with E-state index >= 15 is 0 Å². The lowest BCUT2D eigenvalue weighted by atomic mass is 10.2. The largest absolute Gasteiger partial charge is 0.329 e. The number of imidazole rings is 1. The van der Waals surface area contributed by atoms with Crippen molar-refractivity contribution in [1.82, 2.24) is 9.97 Å². The number of aromatic amines is 2. The van der Waals surface area contributed by atoms with E-state index in [1.165, 1.54) is 0 Å². The van der Waals surface area contributed by atoms with Crippen LogP contribution < -0.4 is 11.4 Å². The summed E-state index contributed by atoms with van der Waals surface area (Å²) in [4.78, 5) is 17.7. The average Bonchev–Trinajstić information content (AvgIpc) is 2.57. The molecule has 16 heavy (non-hydrogen) atoms. The number of fused-ring (bicyclic) bond motifs is 1. The van der Waals surface area contributed by atoms with E-state index in [-0.39, 0.29) is 10.4 Å². The van der Waals surface area contributed by atoms with Gasteiger partial charge < -0.3 is 15.7 Å². The Morgan fingerprint density at radius 3 is 2.69 bits per heavy atom. The van der Waals surface area contributed by atoms with Gasteiger partial charge in [0.05, 0.1) is 11.0 Å². The summed E-state index contributed by atoms with van der Waals surface area (Å²) in [6, 6.07) is 5.87. The number of nitrogens with one attached hydrogen (secondary N) is 2. The van der Waals surface area contributed by atoms with E-state index in [4.69, 9.17) is 5.73 Å². The fourth-order valence-electron chi connectivity index (χ4n) is 1.44. The molecule has 0 aliphatic rings. The Morgan fingerprint density at radius 1 is 1.31 bits per heavy atom. The second-order valence-corrected chi connectivity index (χ2v) is 6.13. The number of H-pyrrole nitrogens is 2. The van der Waals surface area contributed by atoms with Crippen molar-refractivity contribution >= 4 is 22.8 Å². The van der Waals surface area contributed by atoms with Crippen LogP contribution in [-0.4, -0.2) is 21.3 Å². The van der Waals surface area contributed by atoms with Gasteiger partial charge in [0.25, 0.3) is 0 Å². The molecule has 0 atom stereocenters. The van der Waals surface area contributed by atoms with Crippen molar-refractivity contribution in [3.05, 3.63) is 28.7 Å². The van der Waals surface area contributed by atoms with Gasteiger partial charge in [0.15, 0.2) is 0 Å². The fraction of sp³-hybridized carbons (Fsp3) is 0.364. The maximum absolute atomic E-state index is 11.1. The molecule has 4 N–H and O–H groups in total. The van der Waals surface area contributed by atoms with Gasteiger partial charge in [-0.2, -0.15) is 0 Å². The number of nitrogens with two attached hydrogens (primary N) is 1. The van der Waals surface area contributed by atoms with Crippen LogP contribution in [0.15, 0.2) is 27.9 Å². The van der Waals surface area contributed by atoms with Crippen molar-refractivity contribution in [3.63, 3.8) is 0 Å². The summed E-state index contributed by atoms with van der Waals surface area (Å²) in [7, 11) is 0. The maximum atomic E-state index is 11.1. The molecule has 0 radical (unpaired) electrons. The Kier molecular flexibility index (Phi) is 2.82. The zero-order chi connectivity index (χ0) is 11.8. The first kappa shape index (κ1) is 11.3. The van der Waals surface area contributed by atoms with Gasteiger partial charge in [-0.05, 0) is 32.0 Å². The molecule has 1 aromatic carbocycles. The van der Waals surface area contributed by atoms with Crippen LogP contribution in [0.25, 0.3) is 11.0 Å². The molecule has 0 fully saturated rings. The van der Waals surface area contributed by atoms with Crippen molar-refractivity contribution in [1.29, 1.82) is 0 Å². The predicted octanol–water partition coefficient (Wildman–Crippen LogP) is 1.69. The highest BCUT2D eigenvalue weighted by Crippen LogP contribution is 2.32. The topological polar surface area (TPSA) is 74.7 Å². The van der Waals surface area contributed by atoms with Crippen LogP contribution >= 0.6 is 11.8 Å². The van der Waals surface area contributed by atoms with Gasteiger partial charge in [0, 0.05) is 16.2 Å². The second kappa shape index (κ2) is 3.99. The van der Waals surface area contributed by atoms with Gasteiger partial charge in [-0.3, -0.25) is 0 Å². The molecule has 0 aliphatic carbocycles. The molecule has 86 valence electrons. The van der Waals surface area contributed by atoms with Crippen molar-refractivity contribution in [2.75, 3.05) is 6.54 Å². The highest BCUT2D eigenvalue weighted by atomic mass is 32.2. The molecule has 0 saturated carbocycles. The first-order valence-corrected chi connectivity index (χ1v) is 5.93. The molecular weight excluding hydrogens is 222 g/mol. The highest BCUT2D eigenvalue weighted by molar-refractivity contribution is 8.00. The molecule has 5 heteroatoms. The summed E-state index contributed by atoms with van der Waals surface area (Å²) in [5, 5.41) is 0. The van der Waals surface area contributed by atoms with Crippen molar-refractivity contribution < 1.29 is 0 Å². The van der Waals surface area contributed by atoms with E-state index in [0.29, 0.717) is 6.54 Å². The monoisotopic (exact) mass is 237 g/mol. The molecule has 1 heterocycles. The number of benzene rings is 1. The van der Waals surface area contributed by atoms with Crippen LogP contribution in [0, 0.1) is 0 Å². The van der Waals surface area contributed by atoms with Crippen molar-refractivity contribution in [3.8, 4) is 0 Å². The van der Waals surface area contributed by atoms with Gasteiger partial charge in [0.2, 0.25) is 0 Å². The number of hydrogen-bond acceptors (Lipinski definition) is 3. The molecule has 0 unspecified atom stereocenters. The van der Waals surface area contributed by atoms with Crippen LogP contribution in [-0.2, 0) is 0 Å². The van der Waals surface area contributed by atoms with Crippen molar-refractivity contribution in [2.24, 2.45) is 5.73 Å². The third-order valence-electron chi connectivity index (χ3n) is 2.37. The van der Waals surface area contributed by atoms with Gasteiger partial charge in [-0.15, -0.1) is 11.8 Å². The lowest BCUT2D eigenvalue weighted by molar-refractivity contribution is 0.723. The van der Waals surface area contributed by atoms with Crippen molar-refractivity contribution in [2.45, 2.75) is 23.5 Å². The first-order chi connectivity index (χ1) is 7.50. The fourth-order valence-corrected chi connectivity index (χ4v) is 2.47. The lowest BCUT2D eigenvalue weighted by Crippen LogP contribution is -2.26. The van der Waals surface area contributed by atoms with E-state index in [0.717, 1.165) is 15.9 Å². The number of rotatable bonds is 3. The average molecular weight is 237 g/mol. The normalized spacial score (nSPS) is 12.2. The zero-order valence-corrected chi connectivity index (χ0v) is 10.1. The van der Waals surface area contributed by atoms with Gasteiger partial charge in [0.1, 0.15) is 0 Å². The minimum atomic E-state index is -0.171. The SMILES string of the molecule is CC(C)(CN)Sc1ccc2[nH]c(=O)[nH]c2c1. The van der Waals surface area contributed by atoms with Gasteiger partial charge >= 0.3 is 5.69 Å². The summed E-state index contributed by atoms with van der Waals surface area (Å²) in [6.07, 6.45) is 0. The van der Waals surface area contributed by atoms with E-state index in [9.17, 15) is 4.79 Å². The highest BCUT2D eigenvalue weighted by Gasteiger charge is 2.17. The Bertz CT molecular complexity index is 556. The smallest absolute Gasteiger partial charge is 0.323 e. The van der Waals surface area contributed by atoms with Gasteiger partial charge in [-0.25, -0.2) is 4.79 Å². The maximum Gasteiger partial charge on any atom is 0.323 e. The molecule has 2 rings (SSSR count). The van der Waals surface area contributed by atoms with Gasteiger partial charge in [-0.1, -0.05) is 0 Å². The van der Waals surface area contributed by atoms with Crippen LogP contribution in [0.4, 0.5) is 0 Å². The van der Waals surface area contributed by atoms with Crippen LogP contribution in [0.2, 0.25) is 0 Å². The second-order valence-electron chi connectivity index (χ2n) is 4.35. The molecule has 0 saturated heterocycles. The van der Waals surface area contributed by atoms with E-state index < -0.39 is 0 Å². The van der Waals surface area contributed by atoms with Crippen LogP contribution in [0.5, 0.6) is 0 Å². The quantitative estimate of drug-likeness (QED) is 0.711.